The van der Waals surface area contributed by atoms with E-state index in [4.69, 9.17) is 5.73 Å². The van der Waals surface area contributed by atoms with Gasteiger partial charge in [0.25, 0.3) is 0 Å². The Hall–Kier alpha value is 0.330. The van der Waals surface area contributed by atoms with Crippen LogP contribution in [0, 0.1) is 34.5 Å². The van der Waals surface area contributed by atoms with E-state index in [1.54, 1.807) is 0 Å². The van der Waals surface area contributed by atoms with E-state index in [-0.39, 0.29) is 17.6 Å². The zero-order chi connectivity index (χ0) is 16.6. The summed E-state index contributed by atoms with van der Waals surface area (Å²) in [5.74, 6) is 2.29. The summed E-state index contributed by atoms with van der Waals surface area (Å²) in [5, 5.41) is 10.2. The molecule has 4 saturated carbocycles. The number of hydrogen-bond donors (Lipinski definition) is 2. The lowest BCUT2D eigenvalue weighted by molar-refractivity contribution is -0.118. The highest BCUT2D eigenvalue weighted by atomic mass is 79.9. The molecule has 23 heavy (non-hydrogen) atoms. The minimum atomic E-state index is -0.823. The van der Waals surface area contributed by atoms with Crippen LogP contribution in [0.25, 0.3) is 0 Å². The zero-order valence-electron chi connectivity index (χ0n) is 14.3. The van der Waals surface area contributed by atoms with Gasteiger partial charge in [-0.1, -0.05) is 29.8 Å². The maximum Gasteiger partial charge on any atom is 0.116 e. The van der Waals surface area contributed by atoms with Crippen molar-refractivity contribution in [3.63, 3.8) is 0 Å². The summed E-state index contributed by atoms with van der Waals surface area (Å²) in [6.45, 7) is 4.71. The second-order valence-electron chi connectivity index (χ2n) is 9.49. The Morgan fingerprint density at radius 2 is 1.70 bits per heavy atom. The first-order valence-corrected chi connectivity index (χ1v) is 10.4. The summed E-state index contributed by atoms with van der Waals surface area (Å²) < 4.78 is 14.4. The Bertz CT molecular complexity index is 490. The van der Waals surface area contributed by atoms with Crippen LogP contribution < -0.4 is 5.73 Å². The minimum absolute atomic E-state index is 0.00925. The SMILES string of the molecule is C[C@]12CC[C@H]3[C@@H](C[C@H](Br)C4C[C@@H](O)CC[C@@]43C)[C@@H]1C[C@@H](F)[C@@H]2N. The van der Waals surface area contributed by atoms with Gasteiger partial charge in [0.15, 0.2) is 0 Å². The topological polar surface area (TPSA) is 46.2 Å². The van der Waals surface area contributed by atoms with Crippen LogP contribution in [0.2, 0.25) is 0 Å². The molecule has 4 rings (SSSR count). The van der Waals surface area contributed by atoms with Crippen LogP contribution in [0.5, 0.6) is 0 Å². The molecule has 0 radical (unpaired) electrons. The minimum Gasteiger partial charge on any atom is -0.393 e. The average molecular weight is 388 g/mol. The van der Waals surface area contributed by atoms with Crippen LogP contribution >= 0.6 is 15.9 Å². The quantitative estimate of drug-likeness (QED) is 0.616. The van der Waals surface area contributed by atoms with Crippen LogP contribution in [0.4, 0.5) is 4.39 Å². The summed E-state index contributed by atoms with van der Waals surface area (Å²) in [7, 11) is 0. The van der Waals surface area contributed by atoms with Crippen LogP contribution in [0.3, 0.4) is 0 Å². The molecule has 4 aliphatic rings. The van der Waals surface area contributed by atoms with Crippen molar-refractivity contribution in [1.82, 2.24) is 0 Å². The fraction of sp³-hybridized carbons (Fsp3) is 1.00. The van der Waals surface area contributed by atoms with E-state index in [1.165, 1.54) is 6.42 Å². The van der Waals surface area contributed by atoms with Crippen molar-refractivity contribution in [2.45, 2.75) is 81.9 Å². The van der Waals surface area contributed by atoms with Crippen molar-refractivity contribution in [1.29, 1.82) is 0 Å². The molecule has 4 aliphatic carbocycles. The summed E-state index contributed by atoms with van der Waals surface area (Å²) in [6.07, 6.45) is 6.12. The molecule has 0 aliphatic heterocycles. The van der Waals surface area contributed by atoms with E-state index in [0.717, 1.165) is 32.1 Å². The molecule has 2 nitrogen and oxygen atoms in total. The van der Waals surface area contributed by atoms with Crippen molar-refractivity contribution in [3.05, 3.63) is 0 Å². The highest BCUT2D eigenvalue weighted by molar-refractivity contribution is 9.09. The lowest BCUT2D eigenvalue weighted by Crippen LogP contribution is -2.58. The van der Waals surface area contributed by atoms with Gasteiger partial charge in [0, 0.05) is 10.9 Å². The molecule has 4 heteroatoms. The van der Waals surface area contributed by atoms with Gasteiger partial charge in [0.05, 0.1) is 6.10 Å². The molecular weight excluding hydrogens is 357 g/mol. The first-order valence-electron chi connectivity index (χ1n) is 9.49. The third-order valence-corrected chi connectivity index (χ3v) is 9.69. The third-order valence-electron chi connectivity index (χ3n) is 8.68. The Morgan fingerprint density at radius 1 is 1.00 bits per heavy atom. The monoisotopic (exact) mass is 387 g/mol. The van der Waals surface area contributed by atoms with Gasteiger partial charge in [-0.05, 0) is 79.4 Å². The van der Waals surface area contributed by atoms with Gasteiger partial charge in [-0.15, -0.1) is 0 Å². The molecule has 0 amide bonds. The Labute approximate surface area is 147 Å². The number of aliphatic hydroxyl groups is 1. The Morgan fingerprint density at radius 3 is 2.43 bits per heavy atom. The van der Waals surface area contributed by atoms with Crippen molar-refractivity contribution in [2.75, 3.05) is 0 Å². The molecule has 0 heterocycles. The van der Waals surface area contributed by atoms with Gasteiger partial charge in [0.1, 0.15) is 6.17 Å². The molecule has 0 aromatic rings. The number of halogens is 2. The van der Waals surface area contributed by atoms with Crippen LogP contribution in [0.15, 0.2) is 0 Å². The number of fused-ring (bicyclic) bond motifs is 5. The summed E-state index contributed by atoms with van der Waals surface area (Å²) in [5.41, 5.74) is 6.58. The van der Waals surface area contributed by atoms with Gasteiger partial charge in [-0.2, -0.15) is 0 Å². The molecule has 0 spiro atoms. The number of aliphatic hydroxyl groups excluding tert-OH is 1. The smallest absolute Gasteiger partial charge is 0.116 e. The van der Waals surface area contributed by atoms with Crippen LogP contribution in [0.1, 0.15) is 58.8 Å². The van der Waals surface area contributed by atoms with Gasteiger partial charge < -0.3 is 10.8 Å². The molecule has 1 unspecified atom stereocenters. The number of rotatable bonds is 0. The van der Waals surface area contributed by atoms with E-state index in [9.17, 15) is 9.50 Å². The summed E-state index contributed by atoms with van der Waals surface area (Å²) in [4.78, 5) is 0.459. The largest absolute Gasteiger partial charge is 0.393 e. The normalized spacial score (nSPS) is 62.3. The summed E-state index contributed by atoms with van der Waals surface area (Å²) in [6, 6.07) is -0.277. The fourth-order valence-corrected chi connectivity index (χ4v) is 8.48. The molecular formula is C19H31BrFNO. The third kappa shape index (κ3) is 2.23. The van der Waals surface area contributed by atoms with Gasteiger partial charge in [-0.3, -0.25) is 0 Å². The molecule has 0 aromatic heterocycles. The molecule has 0 bridgehead atoms. The molecule has 3 N–H and O–H groups in total. The lowest BCUT2D eigenvalue weighted by Gasteiger charge is -2.62. The first-order chi connectivity index (χ1) is 10.8. The average Bonchev–Trinajstić information content (AvgIpc) is 2.73. The van der Waals surface area contributed by atoms with E-state index in [1.807, 2.05) is 0 Å². The number of alkyl halides is 2. The van der Waals surface area contributed by atoms with Crippen LogP contribution in [-0.4, -0.2) is 28.3 Å². The molecule has 10 atom stereocenters. The van der Waals surface area contributed by atoms with Crippen LogP contribution in [-0.2, 0) is 0 Å². The predicted molar refractivity (Wildman–Crippen MR) is 94.1 cm³/mol. The van der Waals surface area contributed by atoms with Crippen molar-refractivity contribution >= 4 is 15.9 Å². The van der Waals surface area contributed by atoms with Crippen molar-refractivity contribution in [2.24, 2.45) is 40.2 Å². The summed E-state index contributed by atoms with van der Waals surface area (Å²) >= 11 is 3.96. The Kier molecular flexibility index (Phi) is 3.95. The molecule has 0 aromatic carbocycles. The highest BCUT2D eigenvalue weighted by Crippen LogP contribution is 2.67. The van der Waals surface area contributed by atoms with Gasteiger partial charge in [-0.25, -0.2) is 4.39 Å². The molecule has 4 fully saturated rings. The maximum atomic E-state index is 14.4. The molecule has 0 saturated heterocycles. The second-order valence-corrected chi connectivity index (χ2v) is 10.7. The second kappa shape index (κ2) is 5.41. The van der Waals surface area contributed by atoms with Gasteiger partial charge >= 0.3 is 0 Å². The van der Waals surface area contributed by atoms with E-state index >= 15 is 0 Å². The van der Waals surface area contributed by atoms with Crippen molar-refractivity contribution in [3.8, 4) is 0 Å². The number of hydrogen-bond acceptors (Lipinski definition) is 2. The zero-order valence-corrected chi connectivity index (χ0v) is 15.9. The standard InChI is InChI=1S/C19H31BrFNO/c1-18-5-3-10(23)7-14(18)15(20)8-11-12(18)4-6-19(2)13(11)9-16(21)17(19)22/h10-17,23H,3-9,22H2,1-2H3/t10-,11+,12-,13-,14?,15-,16+,17-,18+,19-/m0/s1. The molecule has 132 valence electrons. The van der Waals surface area contributed by atoms with E-state index in [0.29, 0.717) is 40.3 Å². The highest BCUT2D eigenvalue weighted by Gasteiger charge is 2.63. The van der Waals surface area contributed by atoms with Gasteiger partial charge in [0.2, 0.25) is 0 Å². The van der Waals surface area contributed by atoms with E-state index in [2.05, 4.69) is 29.8 Å². The fourth-order valence-electron chi connectivity index (χ4n) is 7.23. The Balaban J connectivity index is 1.67. The predicted octanol–water partition coefficient (Wildman–Crippen LogP) is 4.04. The first kappa shape index (κ1) is 16.8. The number of nitrogens with two attached hydrogens (primary N) is 1. The van der Waals surface area contributed by atoms with E-state index < -0.39 is 6.17 Å². The lowest BCUT2D eigenvalue weighted by atomic mass is 9.45. The van der Waals surface area contributed by atoms with Crippen molar-refractivity contribution < 1.29 is 9.50 Å². The maximum absolute atomic E-state index is 14.4.